The SMILES string of the molecule is COC(=O)C1CCc2nc(NC(=O)C(OC3CCOCC3)c3ccc(S(=O)(=O)C4CC4)cc3)sc2C1.O=C(O)C1CCc2nc(NC(=O)C(OC3CCOCC3)c3ccc(S(=O)(=O)C4CC4)cc3)sc2C1. The number of rotatable bonds is 16. The van der Waals surface area contributed by atoms with Crippen LogP contribution in [0.1, 0.15) is 109 Å². The summed E-state index contributed by atoms with van der Waals surface area (Å²) in [6, 6.07) is 12.8. The highest BCUT2D eigenvalue weighted by Gasteiger charge is 2.39. The number of aromatic nitrogens is 2. The van der Waals surface area contributed by atoms with Crippen molar-refractivity contribution in [2.75, 3.05) is 44.2 Å². The van der Waals surface area contributed by atoms with Crippen LogP contribution in [-0.2, 0) is 88.2 Å². The number of ether oxygens (including phenoxy) is 5. The molecule has 2 saturated carbocycles. The molecule has 10 rings (SSSR count). The van der Waals surface area contributed by atoms with Crippen molar-refractivity contribution in [3.8, 4) is 0 Å². The Bertz CT molecular complexity index is 2800. The van der Waals surface area contributed by atoms with E-state index in [0.29, 0.717) is 138 Å². The van der Waals surface area contributed by atoms with Crippen LogP contribution in [0, 0.1) is 11.8 Å². The van der Waals surface area contributed by atoms with Crippen molar-refractivity contribution in [1.82, 2.24) is 9.97 Å². The van der Waals surface area contributed by atoms with E-state index in [2.05, 4.69) is 20.6 Å². The quantitative estimate of drug-likeness (QED) is 0.103. The molecule has 22 heteroatoms. The first-order chi connectivity index (χ1) is 34.2. The molecule has 6 aliphatic rings. The zero-order valence-electron chi connectivity index (χ0n) is 39.2. The summed E-state index contributed by atoms with van der Waals surface area (Å²) in [5.74, 6) is -2.42. The molecule has 2 aromatic carbocycles. The first-order valence-electron chi connectivity index (χ1n) is 24.2. The Kier molecular flexibility index (Phi) is 16.0. The van der Waals surface area contributed by atoms with Gasteiger partial charge < -0.3 is 28.8 Å². The van der Waals surface area contributed by atoms with Crippen LogP contribution in [0.5, 0.6) is 0 Å². The summed E-state index contributed by atoms with van der Waals surface area (Å²) in [5, 5.41) is 15.4. The Labute approximate surface area is 420 Å². The van der Waals surface area contributed by atoms with Gasteiger partial charge in [-0.3, -0.25) is 29.8 Å². The molecule has 4 unspecified atom stereocenters. The Morgan fingerprint density at radius 3 is 1.38 bits per heavy atom. The number of amides is 2. The van der Waals surface area contributed by atoms with Crippen LogP contribution in [0.2, 0.25) is 0 Å². The topological polar surface area (TPSA) is 253 Å². The summed E-state index contributed by atoms with van der Waals surface area (Å²) in [5.41, 5.74) is 2.88. The summed E-state index contributed by atoms with van der Waals surface area (Å²) < 4.78 is 78.4. The van der Waals surface area contributed by atoms with Crippen molar-refractivity contribution in [2.45, 2.75) is 135 Å². The second-order valence-electron chi connectivity index (χ2n) is 18.8. The first kappa shape index (κ1) is 51.2. The van der Waals surface area contributed by atoms with E-state index in [0.717, 1.165) is 21.1 Å². The van der Waals surface area contributed by atoms with Gasteiger partial charge in [0.25, 0.3) is 11.8 Å². The molecule has 0 bridgehead atoms. The molecule has 4 aliphatic carbocycles. The highest BCUT2D eigenvalue weighted by atomic mass is 32.2. The number of nitrogens with one attached hydrogen (secondary N) is 2. The maximum Gasteiger partial charge on any atom is 0.309 e. The van der Waals surface area contributed by atoms with E-state index in [1.165, 1.54) is 29.8 Å². The molecule has 4 fully saturated rings. The predicted molar refractivity (Wildman–Crippen MR) is 261 cm³/mol. The van der Waals surface area contributed by atoms with Gasteiger partial charge in [-0.1, -0.05) is 24.3 Å². The summed E-state index contributed by atoms with van der Waals surface area (Å²) >= 11 is 2.66. The molecule has 4 heterocycles. The molecule has 0 spiro atoms. The van der Waals surface area contributed by atoms with Crippen molar-refractivity contribution in [1.29, 1.82) is 0 Å². The van der Waals surface area contributed by atoms with Gasteiger partial charge in [0.2, 0.25) is 0 Å². The predicted octanol–water partition coefficient (Wildman–Crippen LogP) is 6.38. The van der Waals surface area contributed by atoms with Crippen molar-refractivity contribution >= 4 is 76.4 Å². The van der Waals surface area contributed by atoms with E-state index >= 15 is 0 Å². The number of sulfone groups is 2. The standard InChI is InChI=1S/C25H30N2O7S2.C24H28N2O7S2/c1-32-24(29)16-4-9-20-21(14-16)35-25(26-20)27-23(28)22(34-17-10-12-33-13-11-17)15-2-5-18(6-3-15)36(30,31)19-7-8-19;27-22(26-24-25-19-8-3-15(23(28)29)13-20(19)34-24)21(33-16-9-11-32-12-10-16)14-1-4-17(5-2-14)35(30,31)18-6-7-18/h2-3,5-6,16-17,19,22H,4,7-14H2,1H3,(H,26,27,28);1-2,4-5,15-16,18,21H,3,6-13H2,(H,28,29)(H,25,26,27). The van der Waals surface area contributed by atoms with Crippen LogP contribution in [0.3, 0.4) is 0 Å². The van der Waals surface area contributed by atoms with Gasteiger partial charge in [-0.15, -0.1) is 22.7 Å². The van der Waals surface area contributed by atoms with Crippen molar-refractivity contribution < 1.29 is 64.8 Å². The van der Waals surface area contributed by atoms with E-state index in [1.54, 1.807) is 48.5 Å². The third-order valence-electron chi connectivity index (χ3n) is 13.6. The molecular formula is C49H58N4O14S4. The van der Waals surface area contributed by atoms with Crippen LogP contribution < -0.4 is 10.6 Å². The number of benzene rings is 2. The fraction of sp³-hybridized carbons (Fsp3) is 0.551. The van der Waals surface area contributed by atoms with E-state index in [4.69, 9.17) is 23.7 Å². The summed E-state index contributed by atoms with van der Waals surface area (Å²) in [6.45, 7) is 2.25. The van der Waals surface area contributed by atoms with E-state index in [9.17, 15) is 41.1 Å². The number of esters is 1. The molecule has 2 amide bonds. The molecule has 4 aromatic rings. The Morgan fingerprint density at radius 1 is 0.606 bits per heavy atom. The normalized spacial score (nSPS) is 21.6. The Hall–Kier alpha value is -4.68. The first-order valence-corrected chi connectivity index (χ1v) is 28.9. The minimum Gasteiger partial charge on any atom is -0.481 e. The number of nitrogens with zero attached hydrogens (tertiary/aromatic N) is 2. The number of aryl methyl sites for hydroxylation is 2. The van der Waals surface area contributed by atoms with Crippen LogP contribution in [0.15, 0.2) is 58.3 Å². The van der Waals surface area contributed by atoms with Crippen LogP contribution in [0.25, 0.3) is 0 Å². The molecule has 4 atom stereocenters. The van der Waals surface area contributed by atoms with Crippen molar-refractivity contribution in [3.63, 3.8) is 0 Å². The lowest BCUT2D eigenvalue weighted by molar-refractivity contribution is -0.146. The van der Waals surface area contributed by atoms with E-state index < -0.39 is 49.7 Å². The summed E-state index contributed by atoms with van der Waals surface area (Å²) in [4.78, 5) is 61.6. The van der Waals surface area contributed by atoms with Gasteiger partial charge in [0.15, 0.2) is 42.1 Å². The average Bonchev–Trinajstić information content (AvgIpc) is 4.33. The van der Waals surface area contributed by atoms with Gasteiger partial charge >= 0.3 is 11.9 Å². The number of methoxy groups -OCH3 is 1. The van der Waals surface area contributed by atoms with Gasteiger partial charge in [0.05, 0.1) is 62.8 Å². The maximum atomic E-state index is 13.4. The third-order valence-corrected chi connectivity index (χ3v) is 20.3. The van der Waals surface area contributed by atoms with Gasteiger partial charge in [0.1, 0.15) is 0 Å². The largest absolute Gasteiger partial charge is 0.481 e. The lowest BCUT2D eigenvalue weighted by Crippen LogP contribution is -2.31. The number of fused-ring (bicyclic) bond motifs is 2. The van der Waals surface area contributed by atoms with Crippen LogP contribution in [0.4, 0.5) is 10.3 Å². The number of anilines is 2. The fourth-order valence-corrected chi connectivity index (χ4v) is 14.7. The fourth-order valence-electron chi connectivity index (χ4n) is 9.18. The minimum atomic E-state index is -3.32. The van der Waals surface area contributed by atoms with Crippen molar-refractivity contribution in [2.24, 2.45) is 11.8 Å². The number of carbonyl (C=O) groups is 4. The van der Waals surface area contributed by atoms with E-state index in [-0.39, 0.29) is 50.3 Å². The lowest BCUT2D eigenvalue weighted by atomic mass is 9.91. The minimum absolute atomic E-state index is 0.144. The summed E-state index contributed by atoms with van der Waals surface area (Å²) in [7, 11) is -5.25. The molecule has 2 aromatic heterocycles. The molecule has 2 saturated heterocycles. The number of thiazole rings is 2. The third kappa shape index (κ3) is 12.4. The molecule has 382 valence electrons. The monoisotopic (exact) mass is 1050 g/mol. The van der Waals surface area contributed by atoms with E-state index in [1.807, 2.05) is 0 Å². The zero-order valence-corrected chi connectivity index (χ0v) is 42.5. The van der Waals surface area contributed by atoms with Crippen LogP contribution in [-0.4, -0.2) is 112 Å². The van der Waals surface area contributed by atoms with Gasteiger partial charge in [-0.2, -0.15) is 0 Å². The highest BCUT2D eigenvalue weighted by molar-refractivity contribution is 7.92. The van der Waals surface area contributed by atoms with Gasteiger partial charge in [-0.05, 0) is 125 Å². The van der Waals surface area contributed by atoms with Crippen molar-refractivity contribution in [3.05, 3.63) is 80.8 Å². The number of carboxylic acid groups (broad SMARTS) is 1. The zero-order chi connectivity index (χ0) is 49.9. The molecular weight excluding hydrogens is 997 g/mol. The molecule has 3 N–H and O–H groups in total. The summed E-state index contributed by atoms with van der Waals surface area (Å²) in [6.07, 6.45) is 6.68. The Balaban J connectivity index is 0.000000176. The lowest BCUT2D eigenvalue weighted by Gasteiger charge is -2.27. The van der Waals surface area contributed by atoms with Gasteiger partial charge in [0, 0.05) is 36.2 Å². The molecule has 18 nitrogen and oxygen atoms in total. The Morgan fingerprint density at radius 2 is 1.00 bits per heavy atom. The molecule has 2 aliphatic heterocycles. The average molecular weight is 1060 g/mol. The number of carboxylic acids is 1. The highest BCUT2D eigenvalue weighted by Crippen LogP contribution is 2.38. The smallest absolute Gasteiger partial charge is 0.309 e. The number of hydrogen-bond acceptors (Lipinski definition) is 17. The maximum absolute atomic E-state index is 13.4. The molecule has 71 heavy (non-hydrogen) atoms. The molecule has 0 radical (unpaired) electrons. The van der Waals surface area contributed by atoms with Gasteiger partial charge in [-0.25, -0.2) is 26.8 Å². The number of hydrogen-bond donors (Lipinski definition) is 3. The number of carbonyl (C=O) groups excluding carboxylic acids is 3. The second-order valence-corrected chi connectivity index (χ2v) is 25.4. The second kappa shape index (κ2) is 22.2. The van der Waals surface area contributed by atoms with Crippen LogP contribution >= 0.6 is 22.7 Å². The number of aliphatic carboxylic acids is 1.